The molecule has 5 nitrogen and oxygen atoms in total. The zero-order valence-electron chi connectivity index (χ0n) is 20.3. The van der Waals surface area contributed by atoms with Gasteiger partial charge in [0.25, 0.3) is 0 Å². The fraction of sp³-hybridized carbons (Fsp3) is 0.577. The molecule has 1 aromatic carbocycles. The molecule has 0 aliphatic carbocycles. The molecule has 6 heteroatoms. The van der Waals surface area contributed by atoms with Gasteiger partial charge in [-0.05, 0) is 74.4 Å². The minimum Gasteiger partial charge on any atom is -0.491 e. The highest BCUT2D eigenvalue weighted by Crippen LogP contribution is 2.34. The van der Waals surface area contributed by atoms with Gasteiger partial charge in [-0.15, -0.1) is 11.3 Å². The fourth-order valence-corrected chi connectivity index (χ4v) is 5.16. The predicted octanol–water partition coefficient (Wildman–Crippen LogP) is 4.86. The molecule has 1 aromatic heterocycles. The van der Waals surface area contributed by atoms with Crippen LogP contribution in [0.1, 0.15) is 69.5 Å². The number of nitrogens with zero attached hydrogens (tertiary/aromatic N) is 2. The van der Waals surface area contributed by atoms with Crippen LogP contribution in [0.5, 0.6) is 5.75 Å². The van der Waals surface area contributed by atoms with E-state index >= 15 is 0 Å². The van der Waals surface area contributed by atoms with Gasteiger partial charge in [-0.25, -0.2) is 0 Å². The van der Waals surface area contributed by atoms with E-state index in [-0.39, 0.29) is 18.0 Å². The van der Waals surface area contributed by atoms with Crippen LogP contribution in [-0.4, -0.2) is 58.7 Å². The molecule has 2 atom stereocenters. The van der Waals surface area contributed by atoms with E-state index in [4.69, 9.17) is 4.74 Å². The summed E-state index contributed by atoms with van der Waals surface area (Å²) in [5.41, 5.74) is 1.61. The summed E-state index contributed by atoms with van der Waals surface area (Å²) in [5, 5.41) is 12.6. The lowest BCUT2D eigenvalue weighted by Gasteiger charge is -2.40. The Kier molecular flexibility index (Phi) is 8.01. The van der Waals surface area contributed by atoms with Crippen molar-refractivity contribution in [1.29, 1.82) is 0 Å². The minimum atomic E-state index is -0.872. The van der Waals surface area contributed by atoms with Crippen molar-refractivity contribution in [1.82, 2.24) is 9.80 Å². The molecule has 0 radical (unpaired) electrons. The highest BCUT2D eigenvalue weighted by Gasteiger charge is 2.35. The highest BCUT2D eigenvalue weighted by atomic mass is 32.1. The first-order valence-corrected chi connectivity index (χ1v) is 12.5. The van der Waals surface area contributed by atoms with Gasteiger partial charge in [-0.2, -0.15) is 0 Å². The lowest BCUT2D eigenvalue weighted by atomic mass is 9.98. The Morgan fingerprint density at radius 3 is 2.53 bits per heavy atom. The lowest BCUT2D eigenvalue weighted by molar-refractivity contribution is -0.137. The summed E-state index contributed by atoms with van der Waals surface area (Å²) < 4.78 is 6.18. The second-order valence-corrected chi connectivity index (χ2v) is 10.6. The largest absolute Gasteiger partial charge is 0.491 e. The number of aliphatic hydroxyl groups is 1. The van der Waals surface area contributed by atoms with E-state index in [0.29, 0.717) is 32.2 Å². The summed E-state index contributed by atoms with van der Waals surface area (Å²) in [4.78, 5) is 18.8. The summed E-state index contributed by atoms with van der Waals surface area (Å²) in [6.07, 6.45) is 0.880. The third-order valence-corrected chi connectivity index (χ3v) is 7.68. The van der Waals surface area contributed by atoms with Crippen molar-refractivity contribution < 1.29 is 14.6 Å². The van der Waals surface area contributed by atoms with Gasteiger partial charge >= 0.3 is 0 Å². The second-order valence-electron chi connectivity index (χ2n) is 9.58. The van der Waals surface area contributed by atoms with E-state index in [1.165, 1.54) is 16.0 Å². The van der Waals surface area contributed by atoms with Crippen LogP contribution in [0, 0.1) is 0 Å². The highest BCUT2D eigenvalue weighted by molar-refractivity contribution is 7.10. The third kappa shape index (κ3) is 5.72. The molecule has 176 valence electrons. The first-order valence-electron chi connectivity index (χ1n) is 11.7. The van der Waals surface area contributed by atoms with Crippen LogP contribution in [0.15, 0.2) is 35.7 Å². The number of hydrogen-bond donors (Lipinski definition) is 1. The van der Waals surface area contributed by atoms with Gasteiger partial charge in [0.1, 0.15) is 12.4 Å². The Bertz CT molecular complexity index is 885. The molecule has 0 bridgehead atoms. The van der Waals surface area contributed by atoms with Crippen molar-refractivity contribution in [3.05, 3.63) is 51.7 Å². The normalized spacial score (nSPS) is 17.5. The zero-order chi connectivity index (χ0) is 23.5. The van der Waals surface area contributed by atoms with Crippen LogP contribution >= 0.6 is 11.3 Å². The van der Waals surface area contributed by atoms with Crippen LogP contribution in [0.4, 0.5) is 0 Å². The molecule has 1 aliphatic heterocycles. The summed E-state index contributed by atoms with van der Waals surface area (Å²) in [7, 11) is 0. The zero-order valence-corrected chi connectivity index (χ0v) is 21.1. The topological polar surface area (TPSA) is 53.0 Å². The van der Waals surface area contributed by atoms with Crippen molar-refractivity contribution in [3.63, 3.8) is 0 Å². The standard InChI is InChI=1S/C26H38N2O3S/c1-7-27(19(4)26(5,6)30)16-25(29)28-14-12-24-22(13-15-32-24)23(28)17-31-21-10-8-20(9-11-21)18(2)3/h8-11,13,15,18-19,23,30H,7,12,14,16-17H2,1-6H3/t19-,23-/m0/s1. The Morgan fingerprint density at radius 2 is 1.94 bits per heavy atom. The van der Waals surface area contributed by atoms with Gasteiger partial charge in [-0.3, -0.25) is 9.69 Å². The first kappa shape index (κ1) is 24.7. The van der Waals surface area contributed by atoms with E-state index in [2.05, 4.69) is 37.4 Å². The van der Waals surface area contributed by atoms with Gasteiger partial charge in [0.15, 0.2) is 0 Å². The number of ether oxygens (including phenoxy) is 1. The number of fused-ring (bicyclic) bond motifs is 1. The summed E-state index contributed by atoms with van der Waals surface area (Å²) in [6, 6.07) is 10.2. The van der Waals surface area contributed by atoms with Crippen LogP contribution in [0.3, 0.4) is 0 Å². The van der Waals surface area contributed by atoms with E-state index in [1.807, 2.05) is 35.8 Å². The van der Waals surface area contributed by atoms with Crippen LogP contribution < -0.4 is 4.74 Å². The summed E-state index contributed by atoms with van der Waals surface area (Å²) in [6.45, 7) is 14.1. The quantitative estimate of drug-likeness (QED) is 0.583. The average Bonchev–Trinajstić information content (AvgIpc) is 3.23. The van der Waals surface area contributed by atoms with Crippen molar-refractivity contribution >= 4 is 17.2 Å². The van der Waals surface area contributed by atoms with Crippen LogP contribution in [0.2, 0.25) is 0 Å². The van der Waals surface area contributed by atoms with Gasteiger partial charge in [0.05, 0.1) is 18.2 Å². The van der Waals surface area contributed by atoms with E-state index < -0.39 is 5.60 Å². The maximum Gasteiger partial charge on any atom is 0.237 e. The monoisotopic (exact) mass is 458 g/mol. The molecule has 0 saturated carbocycles. The van der Waals surface area contributed by atoms with Crippen molar-refractivity contribution in [2.75, 3.05) is 26.2 Å². The van der Waals surface area contributed by atoms with Crippen molar-refractivity contribution in [2.45, 2.75) is 71.6 Å². The minimum absolute atomic E-state index is 0.0866. The third-order valence-electron chi connectivity index (χ3n) is 6.68. The predicted molar refractivity (Wildman–Crippen MR) is 132 cm³/mol. The molecule has 1 amide bonds. The second kappa shape index (κ2) is 10.4. The van der Waals surface area contributed by atoms with Gasteiger partial charge < -0.3 is 14.7 Å². The molecular weight excluding hydrogens is 420 g/mol. The number of hydrogen-bond acceptors (Lipinski definition) is 5. The molecule has 2 heterocycles. The number of rotatable bonds is 9. The molecule has 0 spiro atoms. The smallest absolute Gasteiger partial charge is 0.237 e. The number of carbonyl (C=O) groups is 1. The van der Waals surface area contributed by atoms with E-state index in [9.17, 15) is 9.90 Å². The molecular formula is C26H38N2O3S. The molecule has 3 rings (SSSR count). The van der Waals surface area contributed by atoms with Crippen LogP contribution in [-0.2, 0) is 11.2 Å². The molecule has 1 N–H and O–H groups in total. The number of benzene rings is 1. The van der Waals surface area contributed by atoms with Gasteiger partial charge in [-0.1, -0.05) is 32.9 Å². The van der Waals surface area contributed by atoms with E-state index in [1.54, 1.807) is 25.2 Å². The maximum absolute atomic E-state index is 13.4. The Labute approximate surface area is 197 Å². The molecule has 0 fully saturated rings. The number of likely N-dealkylation sites (N-methyl/N-ethyl adjacent to an activating group) is 1. The SMILES string of the molecule is CCN(CC(=O)N1CCc2sccc2[C@@H]1COc1ccc(C(C)C)cc1)[C@@H](C)C(C)(C)O. The molecule has 2 aromatic rings. The van der Waals surface area contributed by atoms with Crippen molar-refractivity contribution in [2.24, 2.45) is 0 Å². The molecule has 0 saturated heterocycles. The number of amides is 1. The first-order chi connectivity index (χ1) is 15.1. The molecule has 32 heavy (non-hydrogen) atoms. The van der Waals surface area contributed by atoms with Gasteiger partial charge in [0.2, 0.25) is 5.91 Å². The van der Waals surface area contributed by atoms with Gasteiger partial charge in [0, 0.05) is 17.5 Å². The fourth-order valence-electron chi connectivity index (χ4n) is 4.23. The van der Waals surface area contributed by atoms with Crippen LogP contribution in [0.25, 0.3) is 0 Å². The lowest BCUT2D eigenvalue weighted by Crippen LogP contribution is -2.52. The van der Waals surface area contributed by atoms with E-state index in [0.717, 1.165) is 12.2 Å². The Hall–Kier alpha value is -1.89. The maximum atomic E-state index is 13.4. The molecule has 1 aliphatic rings. The summed E-state index contributed by atoms with van der Waals surface area (Å²) in [5.74, 6) is 1.40. The Morgan fingerprint density at radius 1 is 1.25 bits per heavy atom. The Balaban J connectivity index is 1.74. The average molecular weight is 459 g/mol. The number of carbonyl (C=O) groups excluding carboxylic acids is 1. The van der Waals surface area contributed by atoms with Crippen molar-refractivity contribution in [3.8, 4) is 5.75 Å². The molecule has 0 unspecified atom stereocenters. The summed E-state index contributed by atoms with van der Waals surface area (Å²) >= 11 is 1.76. The number of thiophene rings is 1.